The molecule has 1 N–H and O–H groups in total. The number of rotatable bonds is 8. The molecule has 2 fully saturated rings. The smallest absolute Gasteiger partial charge is 0.161 e. The predicted molar refractivity (Wildman–Crippen MR) is 90.2 cm³/mol. The van der Waals surface area contributed by atoms with Crippen molar-refractivity contribution in [2.45, 2.75) is 25.5 Å². The molecule has 3 rings (SSSR count). The van der Waals surface area contributed by atoms with Gasteiger partial charge >= 0.3 is 0 Å². The van der Waals surface area contributed by atoms with E-state index in [1.807, 2.05) is 6.07 Å². The van der Waals surface area contributed by atoms with Gasteiger partial charge < -0.3 is 24.4 Å². The number of benzene rings is 1. The second-order valence-corrected chi connectivity index (χ2v) is 6.63. The van der Waals surface area contributed by atoms with E-state index in [2.05, 4.69) is 29.4 Å². The quantitative estimate of drug-likeness (QED) is 0.792. The highest BCUT2D eigenvalue weighted by atomic mass is 16.5. The lowest BCUT2D eigenvalue weighted by Gasteiger charge is -2.30. The summed E-state index contributed by atoms with van der Waals surface area (Å²) >= 11 is 0. The van der Waals surface area contributed by atoms with Crippen LogP contribution in [0.3, 0.4) is 0 Å². The van der Waals surface area contributed by atoms with Gasteiger partial charge in [-0.25, -0.2) is 0 Å². The van der Waals surface area contributed by atoms with Crippen LogP contribution >= 0.6 is 0 Å². The minimum Gasteiger partial charge on any atom is -0.493 e. The Kier molecular flexibility index (Phi) is 5.75. The van der Waals surface area contributed by atoms with E-state index in [9.17, 15) is 0 Å². The van der Waals surface area contributed by atoms with Gasteiger partial charge in [-0.3, -0.25) is 0 Å². The SMILES string of the molecule is COc1ccc(CNC[C@@H]2CN(C)CCO2)cc1OCC1CC1. The van der Waals surface area contributed by atoms with Crippen LogP contribution in [0.2, 0.25) is 0 Å². The van der Waals surface area contributed by atoms with Gasteiger partial charge in [0.05, 0.1) is 26.4 Å². The Bertz CT molecular complexity index is 505. The third-order valence-corrected chi connectivity index (χ3v) is 4.44. The number of likely N-dealkylation sites (N-methyl/N-ethyl adjacent to an activating group) is 1. The normalized spacial score (nSPS) is 22.1. The summed E-state index contributed by atoms with van der Waals surface area (Å²) in [6.07, 6.45) is 2.86. The molecule has 1 saturated heterocycles. The van der Waals surface area contributed by atoms with Gasteiger partial charge in [-0.1, -0.05) is 6.07 Å². The summed E-state index contributed by atoms with van der Waals surface area (Å²) in [4.78, 5) is 2.31. The van der Waals surface area contributed by atoms with E-state index in [0.717, 1.165) is 56.8 Å². The minimum absolute atomic E-state index is 0.276. The van der Waals surface area contributed by atoms with Crippen molar-refractivity contribution in [3.63, 3.8) is 0 Å². The van der Waals surface area contributed by atoms with Gasteiger partial charge in [-0.05, 0) is 43.5 Å². The predicted octanol–water partition coefficient (Wildman–Crippen LogP) is 1.90. The molecule has 5 heteroatoms. The topological polar surface area (TPSA) is 43.0 Å². The van der Waals surface area contributed by atoms with Crippen LogP contribution in [0, 0.1) is 5.92 Å². The summed E-state index contributed by atoms with van der Waals surface area (Å²) in [5.41, 5.74) is 1.21. The maximum absolute atomic E-state index is 5.92. The molecule has 1 aromatic carbocycles. The summed E-state index contributed by atoms with van der Waals surface area (Å²) in [7, 11) is 3.83. The third kappa shape index (κ3) is 5.09. The lowest BCUT2D eigenvalue weighted by Crippen LogP contribution is -2.44. The molecular formula is C18H28N2O3. The first kappa shape index (κ1) is 16.6. The Hall–Kier alpha value is -1.30. The summed E-state index contributed by atoms with van der Waals surface area (Å²) in [5, 5.41) is 3.49. The molecule has 0 amide bonds. The molecule has 0 aromatic heterocycles. The standard InChI is InChI=1S/C18H28N2O3/c1-20-7-8-22-16(12-20)11-19-10-15-5-6-17(21-2)18(9-15)23-13-14-3-4-14/h5-6,9,14,16,19H,3-4,7-8,10-13H2,1-2H3/t16-/m1/s1. The highest BCUT2D eigenvalue weighted by molar-refractivity contribution is 5.43. The van der Waals surface area contributed by atoms with Crippen molar-refractivity contribution in [3.05, 3.63) is 23.8 Å². The average Bonchev–Trinajstić information content (AvgIpc) is 3.37. The molecule has 0 radical (unpaired) electrons. The zero-order valence-electron chi connectivity index (χ0n) is 14.2. The van der Waals surface area contributed by atoms with Gasteiger partial charge in [0.25, 0.3) is 0 Å². The number of ether oxygens (including phenoxy) is 3. The summed E-state index contributed by atoms with van der Waals surface area (Å²) in [6.45, 7) is 5.32. The first-order valence-electron chi connectivity index (χ1n) is 8.55. The second-order valence-electron chi connectivity index (χ2n) is 6.63. The number of hydrogen-bond acceptors (Lipinski definition) is 5. The van der Waals surface area contributed by atoms with Gasteiger partial charge in [-0.15, -0.1) is 0 Å². The van der Waals surface area contributed by atoms with Crippen LogP contribution in [0.1, 0.15) is 18.4 Å². The Labute approximate surface area is 138 Å². The molecule has 1 heterocycles. The largest absolute Gasteiger partial charge is 0.493 e. The lowest BCUT2D eigenvalue weighted by molar-refractivity contribution is -0.0182. The van der Waals surface area contributed by atoms with Crippen LogP contribution in [0.25, 0.3) is 0 Å². The number of hydrogen-bond donors (Lipinski definition) is 1. The average molecular weight is 320 g/mol. The van der Waals surface area contributed by atoms with E-state index in [-0.39, 0.29) is 6.10 Å². The summed E-state index contributed by atoms with van der Waals surface area (Å²) in [5.74, 6) is 2.40. The Morgan fingerprint density at radius 1 is 1.30 bits per heavy atom. The Morgan fingerprint density at radius 2 is 2.17 bits per heavy atom. The fraction of sp³-hybridized carbons (Fsp3) is 0.667. The van der Waals surface area contributed by atoms with E-state index in [0.29, 0.717) is 0 Å². The molecule has 2 aliphatic rings. The Morgan fingerprint density at radius 3 is 2.91 bits per heavy atom. The van der Waals surface area contributed by atoms with E-state index < -0.39 is 0 Å². The van der Waals surface area contributed by atoms with Crippen LogP contribution in [0.5, 0.6) is 11.5 Å². The number of methoxy groups -OCH3 is 1. The van der Waals surface area contributed by atoms with Crippen LogP contribution < -0.4 is 14.8 Å². The van der Waals surface area contributed by atoms with Crippen molar-refractivity contribution < 1.29 is 14.2 Å². The van der Waals surface area contributed by atoms with Crippen LogP contribution in [-0.4, -0.2) is 58.0 Å². The molecule has 0 unspecified atom stereocenters. The van der Waals surface area contributed by atoms with E-state index in [1.165, 1.54) is 18.4 Å². The Balaban J connectivity index is 1.49. The molecule has 128 valence electrons. The van der Waals surface area contributed by atoms with Crippen LogP contribution in [0.4, 0.5) is 0 Å². The lowest BCUT2D eigenvalue weighted by atomic mass is 10.2. The molecule has 1 atom stereocenters. The monoisotopic (exact) mass is 320 g/mol. The molecule has 0 spiro atoms. The molecule has 5 nitrogen and oxygen atoms in total. The minimum atomic E-state index is 0.276. The van der Waals surface area contributed by atoms with Crippen LogP contribution in [-0.2, 0) is 11.3 Å². The number of nitrogens with zero attached hydrogens (tertiary/aromatic N) is 1. The fourth-order valence-corrected chi connectivity index (χ4v) is 2.80. The third-order valence-electron chi connectivity index (χ3n) is 4.44. The molecule has 1 aliphatic heterocycles. The zero-order chi connectivity index (χ0) is 16.1. The summed E-state index contributed by atoms with van der Waals surface area (Å²) in [6, 6.07) is 6.16. The highest BCUT2D eigenvalue weighted by Gasteiger charge is 2.22. The fourth-order valence-electron chi connectivity index (χ4n) is 2.80. The van der Waals surface area contributed by atoms with Crippen molar-refractivity contribution in [2.75, 3.05) is 47.0 Å². The van der Waals surface area contributed by atoms with Gasteiger partial charge in [0.1, 0.15) is 0 Å². The van der Waals surface area contributed by atoms with E-state index in [1.54, 1.807) is 7.11 Å². The molecule has 0 bridgehead atoms. The molecule has 23 heavy (non-hydrogen) atoms. The number of nitrogens with one attached hydrogen (secondary N) is 1. The van der Waals surface area contributed by atoms with Gasteiger partial charge in [0.15, 0.2) is 11.5 Å². The molecule has 1 aliphatic carbocycles. The molecular weight excluding hydrogens is 292 g/mol. The van der Waals surface area contributed by atoms with Crippen molar-refractivity contribution in [2.24, 2.45) is 5.92 Å². The number of morpholine rings is 1. The van der Waals surface area contributed by atoms with Gasteiger partial charge in [0.2, 0.25) is 0 Å². The molecule has 1 aromatic rings. The van der Waals surface area contributed by atoms with E-state index >= 15 is 0 Å². The maximum atomic E-state index is 5.92. The first-order valence-corrected chi connectivity index (χ1v) is 8.55. The van der Waals surface area contributed by atoms with Crippen molar-refractivity contribution in [1.82, 2.24) is 10.2 Å². The van der Waals surface area contributed by atoms with Gasteiger partial charge in [-0.2, -0.15) is 0 Å². The highest BCUT2D eigenvalue weighted by Crippen LogP contribution is 2.33. The van der Waals surface area contributed by atoms with Crippen molar-refractivity contribution >= 4 is 0 Å². The molecule has 1 saturated carbocycles. The second kappa shape index (κ2) is 7.99. The summed E-state index contributed by atoms with van der Waals surface area (Å²) < 4.78 is 17.1. The van der Waals surface area contributed by atoms with Crippen LogP contribution in [0.15, 0.2) is 18.2 Å². The van der Waals surface area contributed by atoms with Crippen molar-refractivity contribution in [3.8, 4) is 11.5 Å². The first-order chi connectivity index (χ1) is 11.2. The van der Waals surface area contributed by atoms with Gasteiger partial charge in [0, 0.05) is 26.2 Å². The van der Waals surface area contributed by atoms with Crippen molar-refractivity contribution in [1.29, 1.82) is 0 Å². The van der Waals surface area contributed by atoms with E-state index in [4.69, 9.17) is 14.2 Å². The zero-order valence-corrected chi connectivity index (χ0v) is 14.2. The maximum Gasteiger partial charge on any atom is 0.161 e.